The Labute approximate surface area is 169 Å². The highest BCUT2D eigenvalue weighted by Crippen LogP contribution is 2.29. The standard InChI is InChI=1S/C24H24N4O/c1-25-23-11-8-16-12-15(6-9-20(16)28-23)14-26-24(29)17-7-10-22-19(13-17)18-4-2-3-5-21(18)27-22/h6-13,27H,2-5,14H2,1H3,(H,25,28)(H,26,29). The number of aromatic nitrogens is 2. The summed E-state index contributed by atoms with van der Waals surface area (Å²) in [7, 11) is 1.86. The van der Waals surface area contributed by atoms with Crippen molar-refractivity contribution in [2.45, 2.75) is 32.2 Å². The highest BCUT2D eigenvalue weighted by molar-refractivity contribution is 5.99. The summed E-state index contributed by atoms with van der Waals surface area (Å²) in [6, 6.07) is 16.1. The number of hydrogen-bond acceptors (Lipinski definition) is 3. The average molecular weight is 384 g/mol. The molecule has 3 N–H and O–H groups in total. The van der Waals surface area contributed by atoms with Gasteiger partial charge in [0, 0.05) is 41.1 Å². The molecule has 2 aromatic carbocycles. The van der Waals surface area contributed by atoms with Gasteiger partial charge in [0.2, 0.25) is 0 Å². The van der Waals surface area contributed by atoms with E-state index in [9.17, 15) is 4.79 Å². The number of amides is 1. The molecule has 29 heavy (non-hydrogen) atoms. The van der Waals surface area contributed by atoms with Crippen LogP contribution < -0.4 is 10.6 Å². The van der Waals surface area contributed by atoms with Crippen molar-refractivity contribution in [2.75, 3.05) is 12.4 Å². The molecular formula is C24H24N4O. The van der Waals surface area contributed by atoms with E-state index in [-0.39, 0.29) is 5.91 Å². The average Bonchev–Trinajstić information content (AvgIpc) is 3.15. The molecule has 0 unspecified atom stereocenters. The lowest BCUT2D eigenvalue weighted by Gasteiger charge is -2.11. The number of benzene rings is 2. The summed E-state index contributed by atoms with van der Waals surface area (Å²) in [4.78, 5) is 20.8. The number of fused-ring (bicyclic) bond motifs is 4. The molecule has 0 spiro atoms. The van der Waals surface area contributed by atoms with Crippen molar-refractivity contribution in [3.05, 3.63) is 70.9 Å². The summed E-state index contributed by atoms with van der Waals surface area (Å²) in [5, 5.41) is 8.37. The lowest BCUT2D eigenvalue weighted by molar-refractivity contribution is 0.0951. The van der Waals surface area contributed by atoms with E-state index in [2.05, 4.69) is 26.7 Å². The second-order valence-electron chi connectivity index (χ2n) is 7.71. The molecule has 146 valence electrons. The van der Waals surface area contributed by atoms with Gasteiger partial charge in [-0.2, -0.15) is 0 Å². The van der Waals surface area contributed by atoms with Crippen LogP contribution in [0.1, 0.15) is 40.0 Å². The first-order valence-electron chi connectivity index (χ1n) is 10.2. The maximum Gasteiger partial charge on any atom is 0.251 e. The van der Waals surface area contributed by atoms with Gasteiger partial charge in [-0.1, -0.05) is 6.07 Å². The fraction of sp³-hybridized carbons (Fsp3) is 0.250. The molecule has 0 saturated heterocycles. The van der Waals surface area contributed by atoms with Crippen molar-refractivity contribution >= 4 is 33.5 Å². The van der Waals surface area contributed by atoms with Gasteiger partial charge in [0.05, 0.1) is 5.52 Å². The van der Waals surface area contributed by atoms with Gasteiger partial charge in [-0.05, 0) is 79.3 Å². The monoisotopic (exact) mass is 384 g/mol. The predicted molar refractivity (Wildman–Crippen MR) is 117 cm³/mol. The summed E-state index contributed by atoms with van der Waals surface area (Å²) >= 11 is 0. The third-order valence-electron chi connectivity index (χ3n) is 5.82. The number of nitrogens with zero attached hydrogens (tertiary/aromatic N) is 1. The lowest BCUT2D eigenvalue weighted by Crippen LogP contribution is -2.22. The molecule has 2 heterocycles. The van der Waals surface area contributed by atoms with E-state index in [0.717, 1.165) is 40.6 Å². The maximum absolute atomic E-state index is 12.8. The third-order valence-corrected chi connectivity index (χ3v) is 5.82. The van der Waals surface area contributed by atoms with Gasteiger partial charge in [0.25, 0.3) is 5.91 Å². The van der Waals surface area contributed by atoms with Crippen LogP contribution in [-0.4, -0.2) is 22.9 Å². The number of aromatic amines is 1. The zero-order chi connectivity index (χ0) is 19.8. The van der Waals surface area contributed by atoms with Crippen molar-refractivity contribution < 1.29 is 4.79 Å². The Morgan fingerprint density at radius 3 is 2.86 bits per heavy atom. The minimum absolute atomic E-state index is 0.0404. The molecule has 5 heteroatoms. The largest absolute Gasteiger partial charge is 0.373 e. The van der Waals surface area contributed by atoms with Crippen LogP contribution in [0.25, 0.3) is 21.8 Å². The number of nitrogens with one attached hydrogen (secondary N) is 3. The molecule has 2 aromatic heterocycles. The van der Waals surface area contributed by atoms with E-state index >= 15 is 0 Å². The van der Waals surface area contributed by atoms with E-state index in [1.54, 1.807) is 0 Å². The molecular weight excluding hydrogens is 360 g/mol. The number of hydrogen-bond donors (Lipinski definition) is 3. The highest BCUT2D eigenvalue weighted by atomic mass is 16.1. The summed E-state index contributed by atoms with van der Waals surface area (Å²) in [5.41, 5.74) is 6.58. The van der Waals surface area contributed by atoms with Crippen molar-refractivity contribution in [2.24, 2.45) is 0 Å². The maximum atomic E-state index is 12.8. The molecule has 1 aliphatic rings. The first kappa shape index (κ1) is 17.7. The van der Waals surface area contributed by atoms with Crippen LogP contribution in [0, 0.1) is 0 Å². The van der Waals surface area contributed by atoms with Crippen LogP contribution in [0.4, 0.5) is 5.82 Å². The summed E-state index contributed by atoms with van der Waals surface area (Å²) in [6.45, 7) is 0.492. The van der Waals surface area contributed by atoms with Gasteiger partial charge in [0.1, 0.15) is 5.82 Å². The van der Waals surface area contributed by atoms with Gasteiger partial charge in [-0.15, -0.1) is 0 Å². The highest BCUT2D eigenvalue weighted by Gasteiger charge is 2.16. The summed E-state index contributed by atoms with van der Waals surface area (Å²) in [5.74, 6) is 0.808. The van der Waals surface area contributed by atoms with Gasteiger partial charge in [-0.3, -0.25) is 4.79 Å². The smallest absolute Gasteiger partial charge is 0.251 e. The number of carbonyl (C=O) groups is 1. The number of pyridine rings is 1. The Morgan fingerprint density at radius 1 is 1.07 bits per heavy atom. The number of H-pyrrole nitrogens is 1. The van der Waals surface area contributed by atoms with Crippen molar-refractivity contribution in [3.8, 4) is 0 Å². The van der Waals surface area contributed by atoms with E-state index < -0.39 is 0 Å². The molecule has 1 amide bonds. The Bertz CT molecular complexity index is 1220. The van der Waals surface area contributed by atoms with Crippen LogP contribution in [0.3, 0.4) is 0 Å². The van der Waals surface area contributed by atoms with Crippen LogP contribution >= 0.6 is 0 Å². The summed E-state index contributed by atoms with van der Waals surface area (Å²) in [6.07, 6.45) is 4.67. The molecule has 0 bridgehead atoms. The SMILES string of the molecule is CNc1ccc2cc(CNC(=O)c3ccc4[nH]c5c(c4c3)CCCC5)ccc2n1. The van der Waals surface area contributed by atoms with Crippen LogP contribution in [0.5, 0.6) is 0 Å². The van der Waals surface area contributed by atoms with Crippen molar-refractivity contribution in [3.63, 3.8) is 0 Å². The molecule has 0 aliphatic heterocycles. The number of aryl methyl sites for hydroxylation is 2. The molecule has 5 nitrogen and oxygen atoms in total. The number of rotatable bonds is 4. The zero-order valence-electron chi connectivity index (χ0n) is 16.5. The fourth-order valence-electron chi connectivity index (χ4n) is 4.26. The molecule has 1 aliphatic carbocycles. The fourth-order valence-corrected chi connectivity index (χ4v) is 4.26. The topological polar surface area (TPSA) is 69.8 Å². The van der Waals surface area contributed by atoms with Crippen molar-refractivity contribution in [1.29, 1.82) is 0 Å². The Kier molecular flexibility index (Phi) is 4.43. The molecule has 0 fully saturated rings. The molecule has 0 radical (unpaired) electrons. The van der Waals surface area contributed by atoms with Crippen LogP contribution in [-0.2, 0) is 19.4 Å². The molecule has 5 rings (SSSR count). The minimum Gasteiger partial charge on any atom is -0.373 e. The van der Waals surface area contributed by atoms with Crippen LogP contribution in [0.2, 0.25) is 0 Å². The van der Waals surface area contributed by atoms with E-state index in [4.69, 9.17) is 0 Å². The van der Waals surface area contributed by atoms with Gasteiger partial charge in [-0.25, -0.2) is 4.98 Å². The van der Waals surface area contributed by atoms with Crippen LogP contribution in [0.15, 0.2) is 48.5 Å². The first-order chi connectivity index (χ1) is 14.2. The minimum atomic E-state index is -0.0404. The Morgan fingerprint density at radius 2 is 1.97 bits per heavy atom. The predicted octanol–water partition coefficient (Wildman–Crippen LogP) is 4.57. The Hall–Kier alpha value is -3.34. The first-order valence-corrected chi connectivity index (χ1v) is 10.2. The van der Waals surface area contributed by atoms with E-state index in [1.165, 1.54) is 29.5 Å². The quantitative estimate of drug-likeness (QED) is 0.483. The lowest BCUT2D eigenvalue weighted by atomic mass is 9.95. The molecule has 0 atom stereocenters. The number of anilines is 1. The van der Waals surface area contributed by atoms with Gasteiger partial charge < -0.3 is 15.6 Å². The second-order valence-corrected chi connectivity index (χ2v) is 7.71. The zero-order valence-corrected chi connectivity index (χ0v) is 16.5. The Balaban J connectivity index is 1.34. The van der Waals surface area contributed by atoms with Gasteiger partial charge in [0.15, 0.2) is 0 Å². The molecule has 4 aromatic rings. The van der Waals surface area contributed by atoms with E-state index in [1.807, 2.05) is 49.5 Å². The normalized spacial score (nSPS) is 13.4. The summed E-state index contributed by atoms with van der Waals surface area (Å²) < 4.78 is 0. The second kappa shape index (κ2) is 7.24. The van der Waals surface area contributed by atoms with Crippen molar-refractivity contribution in [1.82, 2.24) is 15.3 Å². The van der Waals surface area contributed by atoms with E-state index in [0.29, 0.717) is 12.1 Å². The third kappa shape index (κ3) is 3.33. The molecule has 0 saturated carbocycles. The number of carbonyl (C=O) groups excluding carboxylic acids is 1. The van der Waals surface area contributed by atoms with Gasteiger partial charge >= 0.3 is 0 Å².